The van der Waals surface area contributed by atoms with E-state index in [0.717, 1.165) is 22.6 Å². The van der Waals surface area contributed by atoms with E-state index in [9.17, 15) is 4.79 Å². The Labute approximate surface area is 117 Å². The molecule has 0 saturated heterocycles. The highest BCUT2D eigenvalue weighted by molar-refractivity contribution is 6.02. The third kappa shape index (κ3) is 1.99. The van der Waals surface area contributed by atoms with Gasteiger partial charge in [0.05, 0.1) is 18.4 Å². The Hall–Kier alpha value is -2.49. The minimum absolute atomic E-state index is 0.0710. The molecule has 0 unspecified atom stereocenters. The van der Waals surface area contributed by atoms with E-state index in [1.807, 2.05) is 49.4 Å². The van der Waals surface area contributed by atoms with Crippen LogP contribution in [0, 0.1) is 6.92 Å². The maximum Gasteiger partial charge on any atom is 0.255 e. The van der Waals surface area contributed by atoms with Crippen molar-refractivity contribution in [2.24, 2.45) is 0 Å². The summed E-state index contributed by atoms with van der Waals surface area (Å²) in [4.78, 5) is 12.2. The molecule has 3 rings (SSSR count). The summed E-state index contributed by atoms with van der Waals surface area (Å²) in [7, 11) is 1.63. The van der Waals surface area contributed by atoms with Crippen molar-refractivity contribution in [2.75, 3.05) is 12.4 Å². The largest absolute Gasteiger partial charge is 0.496 e. The molecule has 0 bridgehead atoms. The maximum atomic E-state index is 12.2. The van der Waals surface area contributed by atoms with Gasteiger partial charge in [-0.1, -0.05) is 30.3 Å². The van der Waals surface area contributed by atoms with E-state index in [2.05, 4.69) is 10.6 Å². The second-order valence-corrected chi connectivity index (χ2v) is 4.79. The molecule has 0 radical (unpaired) electrons. The van der Waals surface area contributed by atoms with E-state index >= 15 is 0 Å². The normalized spacial score (nSPS) is 16.9. The van der Waals surface area contributed by atoms with Gasteiger partial charge in [-0.3, -0.25) is 4.79 Å². The van der Waals surface area contributed by atoms with Gasteiger partial charge >= 0.3 is 0 Å². The van der Waals surface area contributed by atoms with Crippen LogP contribution in [0.1, 0.15) is 27.7 Å². The lowest BCUT2D eigenvalue weighted by molar-refractivity contribution is 0.0935. The van der Waals surface area contributed by atoms with Gasteiger partial charge in [0, 0.05) is 5.56 Å². The first-order chi connectivity index (χ1) is 9.70. The molecule has 0 spiro atoms. The first-order valence-electron chi connectivity index (χ1n) is 6.50. The lowest BCUT2D eigenvalue weighted by Crippen LogP contribution is -2.38. The molecular formula is C16H16N2O2. The SMILES string of the molecule is COc1ccccc1[C@H]1NC(=O)c2cccc(C)c2N1. The highest BCUT2D eigenvalue weighted by Crippen LogP contribution is 2.32. The third-order valence-corrected chi connectivity index (χ3v) is 3.53. The van der Waals surface area contributed by atoms with Crippen molar-refractivity contribution in [3.05, 3.63) is 59.2 Å². The van der Waals surface area contributed by atoms with E-state index in [1.54, 1.807) is 7.11 Å². The van der Waals surface area contributed by atoms with Gasteiger partial charge in [0.2, 0.25) is 0 Å². The van der Waals surface area contributed by atoms with Crippen molar-refractivity contribution in [3.8, 4) is 5.75 Å². The molecular weight excluding hydrogens is 252 g/mol. The number of ether oxygens (including phenoxy) is 1. The minimum Gasteiger partial charge on any atom is -0.496 e. The number of aryl methyl sites for hydroxylation is 1. The molecule has 2 aromatic carbocycles. The number of hydrogen-bond acceptors (Lipinski definition) is 3. The molecule has 1 aliphatic rings. The van der Waals surface area contributed by atoms with Gasteiger partial charge in [0.15, 0.2) is 0 Å². The number of carbonyl (C=O) groups excluding carboxylic acids is 1. The van der Waals surface area contributed by atoms with Crippen LogP contribution in [0.3, 0.4) is 0 Å². The van der Waals surface area contributed by atoms with Crippen molar-refractivity contribution in [2.45, 2.75) is 13.1 Å². The van der Waals surface area contributed by atoms with Crippen LogP contribution in [0.2, 0.25) is 0 Å². The Balaban J connectivity index is 2.03. The molecule has 102 valence electrons. The second-order valence-electron chi connectivity index (χ2n) is 4.79. The predicted octanol–water partition coefficient (Wildman–Crippen LogP) is 2.86. The Bertz CT molecular complexity index is 667. The Morgan fingerprint density at radius 2 is 1.85 bits per heavy atom. The minimum atomic E-state index is -0.285. The van der Waals surface area contributed by atoms with E-state index in [1.165, 1.54) is 0 Å². The Kier molecular flexibility index (Phi) is 3.06. The second kappa shape index (κ2) is 4.89. The molecule has 0 aromatic heterocycles. The van der Waals surface area contributed by atoms with Crippen molar-refractivity contribution in [3.63, 3.8) is 0 Å². The monoisotopic (exact) mass is 268 g/mol. The van der Waals surface area contributed by atoms with Crippen LogP contribution < -0.4 is 15.4 Å². The number of amides is 1. The van der Waals surface area contributed by atoms with Crippen molar-refractivity contribution >= 4 is 11.6 Å². The molecule has 1 amide bonds. The molecule has 0 fully saturated rings. The number of anilines is 1. The topological polar surface area (TPSA) is 50.4 Å². The van der Waals surface area contributed by atoms with E-state index < -0.39 is 0 Å². The summed E-state index contributed by atoms with van der Waals surface area (Å²) in [6, 6.07) is 13.4. The van der Waals surface area contributed by atoms with Gasteiger partial charge in [0.1, 0.15) is 11.9 Å². The average molecular weight is 268 g/mol. The van der Waals surface area contributed by atoms with Crippen LogP contribution in [-0.2, 0) is 0 Å². The molecule has 20 heavy (non-hydrogen) atoms. The summed E-state index contributed by atoms with van der Waals surface area (Å²) >= 11 is 0. The quantitative estimate of drug-likeness (QED) is 0.880. The highest BCUT2D eigenvalue weighted by atomic mass is 16.5. The lowest BCUT2D eigenvalue weighted by Gasteiger charge is -2.30. The average Bonchev–Trinajstić information content (AvgIpc) is 2.48. The summed E-state index contributed by atoms with van der Waals surface area (Å²) in [5, 5.41) is 6.34. The molecule has 0 saturated carbocycles. The fourth-order valence-electron chi connectivity index (χ4n) is 2.50. The number of fused-ring (bicyclic) bond motifs is 1. The van der Waals surface area contributed by atoms with Gasteiger partial charge in [-0.2, -0.15) is 0 Å². The zero-order chi connectivity index (χ0) is 14.1. The van der Waals surface area contributed by atoms with Crippen LogP contribution >= 0.6 is 0 Å². The van der Waals surface area contributed by atoms with Gasteiger partial charge in [-0.05, 0) is 24.6 Å². The van der Waals surface area contributed by atoms with Crippen molar-refractivity contribution in [1.82, 2.24) is 5.32 Å². The number of rotatable bonds is 2. The van der Waals surface area contributed by atoms with E-state index in [-0.39, 0.29) is 12.1 Å². The molecule has 1 aliphatic heterocycles. The summed E-state index contributed by atoms with van der Waals surface area (Å²) in [5.74, 6) is 0.681. The first-order valence-corrected chi connectivity index (χ1v) is 6.50. The smallest absolute Gasteiger partial charge is 0.255 e. The molecule has 1 atom stereocenters. The van der Waals surface area contributed by atoms with Crippen LogP contribution in [0.15, 0.2) is 42.5 Å². The maximum absolute atomic E-state index is 12.2. The number of hydrogen-bond donors (Lipinski definition) is 2. The molecule has 0 aliphatic carbocycles. The van der Waals surface area contributed by atoms with Crippen LogP contribution in [0.25, 0.3) is 0 Å². The van der Waals surface area contributed by atoms with Crippen molar-refractivity contribution in [1.29, 1.82) is 0 Å². The molecule has 1 heterocycles. The van der Waals surface area contributed by atoms with Crippen LogP contribution in [0.4, 0.5) is 5.69 Å². The highest BCUT2D eigenvalue weighted by Gasteiger charge is 2.27. The standard InChI is InChI=1S/C16H16N2O2/c1-10-6-5-8-12-14(10)17-15(18-16(12)19)11-7-3-4-9-13(11)20-2/h3-9,15,17H,1-2H3,(H,18,19)/t15-/m1/s1. The number of para-hydroxylation sites is 2. The Morgan fingerprint density at radius 3 is 2.65 bits per heavy atom. The lowest BCUT2D eigenvalue weighted by atomic mass is 10.0. The zero-order valence-electron chi connectivity index (χ0n) is 11.4. The molecule has 2 N–H and O–H groups in total. The molecule has 4 heteroatoms. The van der Waals surface area contributed by atoms with E-state index in [0.29, 0.717) is 5.56 Å². The number of nitrogens with one attached hydrogen (secondary N) is 2. The number of methoxy groups -OCH3 is 1. The van der Waals surface area contributed by atoms with Gasteiger partial charge in [0.25, 0.3) is 5.91 Å². The third-order valence-electron chi connectivity index (χ3n) is 3.53. The fraction of sp³-hybridized carbons (Fsp3) is 0.188. The summed E-state index contributed by atoms with van der Waals surface area (Å²) in [6.07, 6.45) is -0.285. The first kappa shape index (κ1) is 12.5. The number of carbonyl (C=O) groups is 1. The van der Waals surface area contributed by atoms with Crippen LogP contribution in [-0.4, -0.2) is 13.0 Å². The van der Waals surface area contributed by atoms with Gasteiger partial charge in [-0.25, -0.2) is 0 Å². The summed E-state index contributed by atoms with van der Waals surface area (Å²) in [6.45, 7) is 1.99. The van der Waals surface area contributed by atoms with Gasteiger partial charge in [-0.15, -0.1) is 0 Å². The van der Waals surface area contributed by atoms with E-state index in [4.69, 9.17) is 4.74 Å². The van der Waals surface area contributed by atoms with Gasteiger partial charge < -0.3 is 15.4 Å². The zero-order valence-corrected chi connectivity index (χ0v) is 11.4. The predicted molar refractivity (Wildman–Crippen MR) is 78.0 cm³/mol. The number of benzene rings is 2. The molecule has 2 aromatic rings. The van der Waals surface area contributed by atoms with Crippen molar-refractivity contribution < 1.29 is 9.53 Å². The molecule has 4 nitrogen and oxygen atoms in total. The van der Waals surface area contributed by atoms with Crippen LogP contribution in [0.5, 0.6) is 5.75 Å². The summed E-state index contributed by atoms with van der Waals surface area (Å²) < 4.78 is 5.36. The Morgan fingerprint density at radius 1 is 1.05 bits per heavy atom. The fourth-order valence-corrected chi connectivity index (χ4v) is 2.50. The summed E-state index contributed by atoms with van der Waals surface area (Å²) in [5.41, 5.74) is 3.53.